The van der Waals surface area contributed by atoms with Crippen molar-refractivity contribution < 1.29 is 15.4 Å². The predicted molar refractivity (Wildman–Crippen MR) is 426 cm³/mol. The molecule has 0 unspecified atom stereocenters. The number of benzene rings is 16. The summed E-state index contributed by atoms with van der Waals surface area (Å²) in [6.45, 7) is -0.537. The maximum absolute atomic E-state index is 9.90. The fraction of sp³-hybridized carbons (Fsp3) is 0. The van der Waals surface area contributed by atoms with Crippen molar-refractivity contribution in [2.24, 2.45) is 0 Å². The van der Waals surface area contributed by atoms with Crippen molar-refractivity contribution in [1.82, 2.24) is 4.57 Å². The first-order valence-corrected chi connectivity index (χ1v) is 34.2. The van der Waals surface area contributed by atoms with E-state index in [0.717, 1.165) is 161 Å². The molecule has 470 valence electrons. The van der Waals surface area contributed by atoms with Crippen LogP contribution >= 0.6 is 0 Å². The van der Waals surface area contributed by atoms with Gasteiger partial charge >= 0.3 is 0 Å². The molecule has 101 heavy (non-hydrogen) atoms. The molecule has 2 aliphatic rings. The molecule has 16 aromatic carbocycles. The van der Waals surface area contributed by atoms with E-state index in [1.807, 2.05) is 42.5 Å². The number of fused-ring (bicyclic) bond motifs is 10. The second-order valence-corrected chi connectivity index (χ2v) is 26.0. The van der Waals surface area contributed by atoms with Crippen LogP contribution in [0.25, 0.3) is 138 Å². The van der Waals surface area contributed by atoms with Crippen molar-refractivity contribution in [2.45, 2.75) is 0 Å². The monoisotopic (exact) mass is 1290 g/mol. The number of hydrogen-bond donors (Lipinski definition) is 0. The van der Waals surface area contributed by atoms with Crippen LogP contribution in [0.2, 0.25) is 0 Å². The summed E-state index contributed by atoms with van der Waals surface area (Å²) in [6, 6.07) is 112. The molecule has 18 aromatic rings. The second-order valence-electron chi connectivity index (χ2n) is 26.0. The van der Waals surface area contributed by atoms with Gasteiger partial charge in [-0.25, -0.2) is 0 Å². The van der Waals surface area contributed by atoms with Gasteiger partial charge in [0.15, 0.2) is 0 Å². The maximum Gasteiger partial charge on any atom is 0.252 e. The highest BCUT2D eigenvalue weighted by Gasteiger charge is 2.46. The maximum atomic E-state index is 9.90. The Morgan fingerprint density at radius 3 is 1.24 bits per heavy atom. The molecule has 4 nitrogen and oxygen atoms in total. The molecule has 2 aromatic heterocycles. The number of hydrogen-bond acceptors (Lipinski definition) is 3. The van der Waals surface area contributed by atoms with E-state index in [1.165, 1.54) is 0 Å². The summed E-state index contributed by atoms with van der Waals surface area (Å²) in [7, 11) is 0. The van der Waals surface area contributed by atoms with E-state index in [-0.39, 0.29) is 33.9 Å². The van der Waals surface area contributed by atoms with Crippen LogP contribution in [0, 0.1) is 0 Å². The molecule has 0 fully saturated rings. The van der Waals surface area contributed by atoms with Gasteiger partial charge in [0.1, 0.15) is 11.2 Å². The topological polar surface area (TPSA) is 24.6 Å². The minimum atomic E-state index is -0.537. The number of rotatable bonds is 11. The number of aromatic nitrogens is 1. The summed E-state index contributed by atoms with van der Waals surface area (Å²) in [6.07, 6.45) is 0. The lowest BCUT2D eigenvalue weighted by atomic mass is 9.33. The van der Waals surface area contributed by atoms with Crippen LogP contribution in [0.5, 0.6) is 0 Å². The molecule has 5 heteroatoms. The first-order valence-electron chi connectivity index (χ1n) is 38.2. The Morgan fingerprint density at radius 2 is 0.683 bits per heavy atom. The van der Waals surface area contributed by atoms with E-state index in [9.17, 15) is 8.22 Å². The molecule has 20 rings (SSSR count). The highest BCUT2D eigenvalue weighted by Crippen LogP contribution is 2.55. The summed E-state index contributed by atoms with van der Waals surface area (Å²) in [5.74, 6) is 0. The van der Waals surface area contributed by atoms with Gasteiger partial charge in [-0.1, -0.05) is 303 Å². The lowest BCUT2D eigenvalue weighted by Gasteiger charge is -2.46. The van der Waals surface area contributed by atoms with Crippen LogP contribution in [0.4, 0.5) is 34.1 Å². The van der Waals surface area contributed by atoms with Crippen LogP contribution in [-0.2, 0) is 0 Å². The molecule has 0 amide bonds. The molecular weight excluding hydrogens is 1220 g/mol. The summed E-state index contributed by atoms with van der Waals surface area (Å²) in [5, 5.41) is 1.94. The third-order valence-corrected chi connectivity index (χ3v) is 20.4. The SMILES string of the molecule is [2H]c1c([2H])c([2H])c2c(c1[2H])c1c([2H])c([2H])c([2H])c([2H])c1n2-c1ccc2c(c1)N(c1c(-c3cccc(-c4ccccc4)c3)cccc1-c1cccc(-c3ccccc3)c1)c1cc(-c3ccc4oc5ccccc5c4c3)cc3c1B2c1cc(-c2ccccc2)ccc1N3c1c(-c2ccccc2)cccc1-c1ccccc1. The van der Waals surface area contributed by atoms with Gasteiger partial charge in [-0.15, -0.1) is 0 Å². The quantitative estimate of drug-likeness (QED) is 0.121. The molecule has 0 aliphatic carbocycles. The number of nitrogens with zero attached hydrogens (tertiary/aromatic N) is 3. The van der Waals surface area contributed by atoms with Crippen LogP contribution in [0.3, 0.4) is 0 Å². The van der Waals surface area contributed by atoms with E-state index in [0.29, 0.717) is 5.69 Å². The minimum Gasteiger partial charge on any atom is -0.456 e. The molecule has 0 spiro atoms. The number of furan rings is 1. The number of para-hydroxylation sites is 5. The lowest BCUT2D eigenvalue weighted by Crippen LogP contribution is -2.61. The lowest BCUT2D eigenvalue weighted by molar-refractivity contribution is 0.669. The fourth-order valence-electron chi connectivity index (χ4n) is 15.9. The normalized spacial score (nSPS) is 13.4. The van der Waals surface area contributed by atoms with E-state index in [2.05, 4.69) is 295 Å². The average molecular weight is 1290 g/mol. The van der Waals surface area contributed by atoms with Gasteiger partial charge in [-0.2, -0.15) is 0 Å². The summed E-state index contributed by atoms with van der Waals surface area (Å²) < 4.78 is 84.2. The largest absolute Gasteiger partial charge is 0.456 e. The summed E-state index contributed by atoms with van der Waals surface area (Å²) in [4.78, 5) is 4.96. The van der Waals surface area contributed by atoms with Gasteiger partial charge in [-0.05, 0) is 156 Å². The smallest absolute Gasteiger partial charge is 0.252 e. The molecule has 0 N–H and O–H groups in total. The molecule has 0 saturated carbocycles. The summed E-state index contributed by atoms with van der Waals surface area (Å²) in [5.41, 5.74) is 26.1. The van der Waals surface area contributed by atoms with Crippen molar-refractivity contribution in [1.29, 1.82) is 0 Å². The Balaban J connectivity index is 0.988. The van der Waals surface area contributed by atoms with Crippen molar-refractivity contribution in [3.8, 4) is 94.7 Å². The number of anilines is 6. The van der Waals surface area contributed by atoms with Crippen LogP contribution in [0.15, 0.2) is 380 Å². The average Bonchev–Trinajstić information content (AvgIpc) is 1.66. The van der Waals surface area contributed by atoms with Gasteiger partial charge < -0.3 is 18.8 Å². The molecule has 0 radical (unpaired) electrons. The Morgan fingerprint density at radius 1 is 0.257 bits per heavy atom. The first-order chi connectivity index (χ1) is 53.4. The first kappa shape index (κ1) is 50.2. The van der Waals surface area contributed by atoms with Crippen LogP contribution in [0.1, 0.15) is 11.0 Å². The minimum absolute atomic E-state index is 0.00537. The second kappa shape index (κ2) is 23.8. The highest BCUT2D eigenvalue weighted by atomic mass is 16.3. The molecule has 2 aliphatic heterocycles. The van der Waals surface area contributed by atoms with Crippen molar-refractivity contribution >= 4 is 101 Å². The van der Waals surface area contributed by atoms with Crippen molar-refractivity contribution in [3.63, 3.8) is 0 Å². The van der Waals surface area contributed by atoms with E-state index >= 15 is 0 Å². The third kappa shape index (κ3) is 9.61. The Kier molecular flexibility index (Phi) is 11.8. The third-order valence-electron chi connectivity index (χ3n) is 20.4. The molecule has 4 heterocycles. The highest BCUT2D eigenvalue weighted by molar-refractivity contribution is 7.00. The zero-order valence-corrected chi connectivity index (χ0v) is 54.5. The molecule has 0 atom stereocenters. The summed E-state index contributed by atoms with van der Waals surface area (Å²) >= 11 is 0. The molecular formula is C96H62BN3O. The Hall–Kier alpha value is -13.2. The Bertz CT molecular complexity index is 6550. The van der Waals surface area contributed by atoms with Gasteiger partial charge in [0, 0.05) is 72.2 Å². The van der Waals surface area contributed by atoms with Crippen LogP contribution in [-0.4, -0.2) is 11.3 Å². The van der Waals surface area contributed by atoms with Gasteiger partial charge in [-0.3, -0.25) is 0 Å². The van der Waals surface area contributed by atoms with E-state index in [1.54, 1.807) is 4.57 Å². The van der Waals surface area contributed by atoms with Gasteiger partial charge in [0.05, 0.1) is 33.4 Å². The fourth-order valence-corrected chi connectivity index (χ4v) is 15.9. The zero-order valence-electron chi connectivity index (χ0n) is 62.5. The zero-order chi connectivity index (χ0) is 73.4. The predicted octanol–water partition coefficient (Wildman–Crippen LogP) is 24.1. The van der Waals surface area contributed by atoms with Gasteiger partial charge in [0.2, 0.25) is 0 Å². The van der Waals surface area contributed by atoms with Gasteiger partial charge in [0.25, 0.3) is 6.71 Å². The van der Waals surface area contributed by atoms with E-state index < -0.39 is 43.0 Å². The van der Waals surface area contributed by atoms with Crippen molar-refractivity contribution in [2.75, 3.05) is 9.80 Å². The Labute approximate surface area is 598 Å². The van der Waals surface area contributed by atoms with E-state index in [4.69, 9.17) is 7.16 Å². The van der Waals surface area contributed by atoms with Crippen LogP contribution < -0.4 is 26.2 Å². The molecule has 0 saturated heterocycles. The standard InChI is InChI=1S/C96H62BN3O/c1-6-26-63(27-7-1)68-36-22-38-72(56-68)78-45-25-46-79(73-39-23-37-69(57-73)64-28-8-2-9-29-64)96(78)100-89-62-75(98-86-47-19-16-40-80(86)81-41-17-20-48-87(81)98)52-53-84(89)97-85-59-71(65-30-10-3-11-31-65)50-54-88(85)99(95-76(66-32-12-4-13-33-66)43-24-44-77(95)67-34-14-5-15-35-67)90-60-74(61-91(100)94(90)97)70-51-55-93-83(58-70)82-42-18-21-49-92(82)101-93/h1-62H/i16D,17D,19D,20D,40D,41D,47D,48D. The molecule has 0 bridgehead atoms. The van der Waals surface area contributed by atoms with Crippen molar-refractivity contribution in [3.05, 3.63) is 376 Å².